The Bertz CT molecular complexity index is 4740. The van der Waals surface area contributed by atoms with Crippen LogP contribution in [0.3, 0.4) is 0 Å². The van der Waals surface area contributed by atoms with Gasteiger partial charge in [0, 0.05) is 143 Å². The van der Waals surface area contributed by atoms with Gasteiger partial charge in [0.05, 0.1) is 5.56 Å². The quantitative estimate of drug-likeness (QED) is 0.148. The Balaban J connectivity index is 0.000000172. The van der Waals surface area contributed by atoms with E-state index in [4.69, 9.17) is 8.22 Å². The third-order valence-electron chi connectivity index (χ3n) is 18.8. The van der Waals surface area contributed by atoms with Crippen LogP contribution >= 0.6 is 0 Å². The minimum absolute atomic E-state index is 0.353. The normalized spacial score (nSPS) is 11.7. The van der Waals surface area contributed by atoms with E-state index in [0.29, 0.717) is 11.3 Å². The van der Waals surface area contributed by atoms with Gasteiger partial charge in [-0.3, -0.25) is 0 Å². The number of rotatable bonds is 6. The van der Waals surface area contributed by atoms with Gasteiger partial charge in [0.1, 0.15) is 42.3 Å². The summed E-state index contributed by atoms with van der Waals surface area (Å²) in [6, 6.07) is 72.6. The minimum Gasteiger partial charge on any atom is -0.201 e. The van der Waals surface area contributed by atoms with E-state index < -0.39 is 13.7 Å². The fourth-order valence-corrected chi connectivity index (χ4v) is 12.1. The maximum atomic E-state index is 7.58. The number of aryl methyl sites for hydroxylation is 17. The Labute approximate surface area is 586 Å². The number of hydrogen-bond donors (Lipinski definition) is 0. The Morgan fingerprint density at radius 1 is 0.240 bits per heavy atom. The molecule has 0 amide bonds. The molecule has 0 aliphatic heterocycles. The van der Waals surface area contributed by atoms with Gasteiger partial charge in [-0.05, 0) is 207 Å². The van der Waals surface area contributed by atoms with Crippen molar-refractivity contribution in [2.75, 3.05) is 0 Å². The lowest BCUT2D eigenvalue weighted by Gasteiger charge is -2.09. The number of aromatic nitrogens is 6. The molecule has 0 atom stereocenters. The van der Waals surface area contributed by atoms with E-state index in [9.17, 15) is 0 Å². The molecule has 0 aliphatic carbocycles. The molecule has 0 spiro atoms. The summed E-state index contributed by atoms with van der Waals surface area (Å²) in [5, 5.41) is 0. The second-order valence-corrected chi connectivity index (χ2v) is 25.9. The number of nitrogens with zero attached hydrogens (tertiary/aromatic N) is 6. The molecule has 6 heterocycles. The topological polar surface area (TPSA) is 23.3 Å². The van der Waals surface area contributed by atoms with E-state index in [1.807, 2.05) is 50.4 Å². The molecule has 0 unspecified atom stereocenters. The molecule has 6 aromatic carbocycles. The lowest BCUT2D eigenvalue weighted by atomic mass is 9.97. The lowest BCUT2D eigenvalue weighted by Crippen LogP contribution is -2.34. The summed E-state index contributed by atoms with van der Waals surface area (Å²) in [5.41, 5.74) is 35.7. The van der Waals surface area contributed by atoms with Crippen LogP contribution in [0, 0.1) is 124 Å². The van der Waals surface area contributed by atoms with Crippen molar-refractivity contribution in [1.29, 1.82) is 0 Å². The molecule has 6 heteroatoms. The van der Waals surface area contributed by atoms with E-state index in [-0.39, 0.29) is 0 Å². The smallest absolute Gasteiger partial charge is 0.201 e. The third kappa shape index (κ3) is 18.2. The van der Waals surface area contributed by atoms with Gasteiger partial charge < -0.3 is 0 Å². The maximum absolute atomic E-state index is 7.58. The molecule has 0 bridgehead atoms. The fraction of sp³-hybridized carbons (Fsp3) is 0.267. The van der Waals surface area contributed by atoms with Crippen LogP contribution < -0.4 is 27.4 Å². The molecule has 0 N–H and O–H groups in total. The first kappa shape index (κ1) is 64.9. The highest BCUT2D eigenvalue weighted by Gasteiger charge is 2.20. The Hall–Kier alpha value is -9.78. The van der Waals surface area contributed by atoms with Gasteiger partial charge in [0.25, 0.3) is 0 Å². The Morgan fingerprint density at radius 3 is 0.990 bits per heavy atom. The summed E-state index contributed by atoms with van der Waals surface area (Å²) in [5.74, 6) is 0. The highest BCUT2D eigenvalue weighted by molar-refractivity contribution is 5.69. The van der Waals surface area contributed by atoms with Gasteiger partial charge in [-0.15, -0.1) is 0 Å². The Kier molecular flexibility index (Phi) is 22.7. The van der Waals surface area contributed by atoms with Crippen LogP contribution in [0.2, 0.25) is 0 Å². The van der Waals surface area contributed by atoms with Crippen molar-refractivity contribution < 1.29 is 35.6 Å². The van der Waals surface area contributed by atoms with Crippen molar-refractivity contribution in [3.63, 3.8) is 0 Å². The van der Waals surface area contributed by atoms with E-state index >= 15 is 0 Å². The van der Waals surface area contributed by atoms with Crippen LogP contribution in [0.15, 0.2) is 219 Å². The van der Waals surface area contributed by atoms with Gasteiger partial charge in [0.15, 0.2) is 34.7 Å². The molecule has 0 fully saturated rings. The molecule has 12 aromatic rings. The van der Waals surface area contributed by atoms with Crippen molar-refractivity contribution in [1.82, 2.24) is 0 Å². The molecule has 96 heavy (non-hydrogen) atoms. The highest BCUT2D eigenvalue weighted by atomic mass is 15.0. The van der Waals surface area contributed by atoms with Crippen LogP contribution in [-0.4, -0.2) is 0 Å². The second-order valence-electron chi connectivity index (χ2n) is 25.9. The summed E-state index contributed by atoms with van der Waals surface area (Å²) in [6.45, 7) is 29.9. The zero-order chi connectivity index (χ0) is 75.2. The molecule has 6 nitrogen and oxygen atoms in total. The molecule has 0 aliphatic rings. The van der Waals surface area contributed by atoms with Crippen LogP contribution in [0.1, 0.15) is 109 Å². The van der Waals surface area contributed by atoms with Crippen LogP contribution in [0.25, 0.3) is 67.5 Å². The highest BCUT2D eigenvalue weighted by Crippen LogP contribution is 2.29. The molecule has 0 radical (unpaired) electrons. The number of pyridine rings is 6. The van der Waals surface area contributed by atoms with E-state index in [2.05, 4.69) is 313 Å². The molecule has 0 saturated heterocycles. The van der Waals surface area contributed by atoms with Crippen molar-refractivity contribution >= 4 is 0 Å². The summed E-state index contributed by atoms with van der Waals surface area (Å²) in [4.78, 5) is 0. The minimum atomic E-state index is -2.09. The van der Waals surface area contributed by atoms with Crippen LogP contribution in [0.5, 0.6) is 0 Å². The monoisotopic (exact) mass is 1280 g/mol. The SMILES string of the molecule is Cc1ccc(-c2cccc(C)[n+]2C)c(C)c1.Cc1ccc(C)c(-c2cccc(C)[n+]2C)c1.Cc1cccc(-c2cccc(C)[n+]2C)c1C.Cc1cccc(C)c1-c1c(C)ccc[n+]1C.[2H]C([2H])([2H])c1ccc(-c2cccc(C)[n+]2C)c(C)c1.[2H]C([2H])([2H])c1cccc(-c2cccc(C)c2C)[n+]1C. The third-order valence-corrected chi connectivity index (χ3v) is 18.8. The van der Waals surface area contributed by atoms with Crippen molar-refractivity contribution in [2.24, 2.45) is 42.3 Å². The first-order chi connectivity index (χ1) is 48.0. The summed E-state index contributed by atoms with van der Waals surface area (Å²) >= 11 is 0. The van der Waals surface area contributed by atoms with Gasteiger partial charge >= 0.3 is 0 Å². The van der Waals surface area contributed by atoms with Crippen LogP contribution in [-0.2, 0) is 42.3 Å². The molecule has 0 saturated carbocycles. The average Bonchev–Trinajstić information content (AvgIpc) is 0.832. The molecule has 492 valence electrons. The summed E-state index contributed by atoms with van der Waals surface area (Å²) in [6.07, 6.45) is 2.11. The van der Waals surface area contributed by atoms with Crippen LogP contribution in [0.4, 0.5) is 0 Å². The predicted molar refractivity (Wildman–Crippen MR) is 404 cm³/mol. The second kappa shape index (κ2) is 33.6. The zero-order valence-electron chi connectivity index (χ0n) is 67.5. The standard InChI is InChI=1S/6C15H18N/c2*1-11-7-5-9-14(13(11)3)15-10-6-8-12(2)16(15)4;1-11-7-5-8-12(2)14(11)15-13(3)9-6-10-16(15)4;2*1-11-8-9-14(12(2)10-11)15-7-5-6-13(3)16(15)4;1-11-8-9-12(2)14(10-11)15-7-5-6-13(3)16(15)4/h6*5-10H,1-4H3/q6*+1/i2D3;;;1D3;;. The lowest BCUT2D eigenvalue weighted by molar-refractivity contribution is -0.666. The zero-order valence-corrected chi connectivity index (χ0v) is 61.5. The first-order valence-electron chi connectivity index (χ1n) is 36.3. The predicted octanol–water partition coefficient (Wildman–Crippen LogP) is 18.6. The fourth-order valence-electron chi connectivity index (χ4n) is 12.1. The van der Waals surface area contributed by atoms with E-state index in [1.165, 1.54) is 123 Å². The van der Waals surface area contributed by atoms with Crippen molar-refractivity contribution in [3.8, 4) is 67.5 Å². The van der Waals surface area contributed by atoms with Gasteiger partial charge in [-0.1, -0.05) is 95.6 Å². The van der Waals surface area contributed by atoms with Gasteiger partial charge in [0.2, 0.25) is 34.2 Å². The average molecular weight is 1280 g/mol. The van der Waals surface area contributed by atoms with E-state index in [1.54, 1.807) is 35.9 Å². The van der Waals surface area contributed by atoms with E-state index in [0.717, 1.165) is 33.8 Å². The largest absolute Gasteiger partial charge is 0.215 e. The molecular formula is C90H108N6+6. The molecule has 6 aromatic heterocycles. The van der Waals surface area contributed by atoms with Gasteiger partial charge in [-0.25, -0.2) is 4.57 Å². The number of hydrogen-bond acceptors (Lipinski definition) is 0. The molecular weight excluding hydrogens is 1170 g/mol. The Morgan fingerprint density at radius 2 is 0.573 bits per heavy atom. The van der Waals surface area contributed by atoms with Gasteiger partial charge in [-0.2, -0.15) is 22.8 Å². The molecule has 12 rings (SSSR count). The summed E-state index contributed by atoms with van der Waals surface area (Å²) < 4.78 is 57.9. The summed E-state index contributed by atoms with van der Waals surface area (Å²) in [7, 11) is 12.3. The number of benzene rings is 6. The first-order valence-corrected chi connectivity index (χ1v) is 33.3. The maximum Gasteiger partial charge on any atom is 0.215 e. The van der Waals surface area contributed by atoms with Crippen molar-refractivity contribution in [2.45, 2.75) is 124 Å². The van der Waals surface area contributed by atoms with Crippen molar-refractivity contribution in [3.05, 3.63) is 319 Å².